The summed E-state index contributed by atoms with van der Waals surface area (Å²) in [6.07, 6.45) is 1.22. The third kappa shape index (κ3) is 4.47. The predicted octanol–water partition coefficient (Wildman–Crippen LogP) is 0.671. The highest BCUT2D eigenvalue weighted by Crippen LogP contribution is 2.42. The summed E-state index contributed by atoms with van der Waals surface area (Å²) in [6, 6.07) is 0.304. The molecule has 2 atom stereocenters. The van der Waals surface area contributed by atoms with Crippen LogP contribution in [0.4, 0.5) is 0 Å². The SMILES string of the molecule is CN=C(NCC(=O)N(C)C)NC1CC(OC)C1(C)C.I. The van der Waals surface area contributed by atoms with Gasteiger partial charge in [-0.2, -0.15) is 0 Å². The molecule has 2 unspecified atom stereocenters. The van der Waals surface area contributed by atoms with Crippen LogP contribution in [0.15, 0.2) is 4.99 Å². The summed E-state index contributed by atoms with van der Waals surface area (Å²) in [4.78, 5) is 17.2. The van der Waals surface area contributed by atoms with E-state index in [4.69, 9.17) is 4.74 Å². The number of nitrogens with one attached hydrogen (secondary N) is 2. The topological polar surface area (TPSA) is 66.0 Å². The lowest BCUT2D eigenvalue weighted by molar-refractivity contribution is -0.127. The van der Waals surface area contributed by atoms with E-state index in [0.29, 0.717) is 12.0 Å². The van der Waals surface area contributed by atoms with E-state index in [1.165, 1.54) is 0 Å². The Kier molecular flexibility index (Phi) is 7.79. The van der Waals surface area contributed by atoms with Crippen LogP contribution in [0, 0.1) is 5.41 Å². The number of nitrogens with zero attached hydrogens (tertiary/aromatic N) is 2. The van der Waals surface area contributed by atoms with Crippen molar-refractivity contribution in [2.45, 2.75) is 32.4 Å². The summed E-state index contributed by atoms with van der Waals surface area (Å²) in [5.74, 6) is 0.674. The number of methoxy groups -OCH3 is 1. The maximum absolute atomic E-state index is 11.5. The molecule has 20 heavy (non-hydrogen) atoms. The van der Waals surface area contributed by atoms with Crippen LogP contribution in [0.2, 0.25) is 0 Å². The van der Waals surface area contributed by atoms with Gasteiger partial charge in [-0.3, -0.25) is 9.79 Å². The average molecular weight is 398 g/mol. The molecule has 1 aliphatic rings. The maximum Gasteiger partial charge on any atom is 0.241 e. The van der Waals surface area contributed by atoms with E-state index in [2.05, 4.69) is 29.5 Å². The molecule has 1 rings (SSSR count). The molecule has 0 aliphatic heterocycles. The van der Waals surface area contributed by atoms with Gasteiger partial charge in [0.05, 0.1) is 12.6 Å². The molecule has 0 aromatic carbocycles. The van der Waals surface area contributed by atoms with E-state index in [9.17, 15) is 4.79 Å². The molecular weight excluding hydrogens is 371 g/mol. The van der Waals surface area contributed by atoms with Crippen LogP contribution in [0.1, 0.15) is 20.3 Å². The summed E-state index contributed by atoms with van der Waals surface area (Å²) in [6.45, 7) is 4.58. The second kappa shape index (κ2) is 8.02. The molecule has 1 fully saturated rings. The van der Waals surface area contributed by atoms with Crippen molar-refractivity contribution >= 4 is 35.8 Å². The number of ether oxygens (including phenoxy) is 1. The molecule has 7 heteroatoms. The number of amides is 1. The molecule has 1 saturated carbocycles. The molecule has 0 heterocycles. The van der Waals surface area contributed by atoms with Gasteiger partial charge in [-0.1, -0.05) is 13.8 Å². The van der Waals surface area contributed by atoms with Crippen molar-refractivity contribution in [3.05, 3.63) is 0 Å². The van der Waals surface area contributed by atoms with Gasteiger partial charge >= 0.3 is 0 Å². The summed E-state index contributed by atoms with van der Waals surface area (Å²) in [5.41, 5.74) is 0.0674. The summed E-state index contributed by atoms with van der Waals surface area (Å²) >= 11 is 0. The molecule has 0 bridgehead atoms. The Morgan fingerprint density at radius 1 is 1.45 bits per heavy atom. The Hall–Kier alpha value is -0.570. The van der Waals surface area contributed by atoms with Crippen LogP contribution in [0.3, 0.4) is 0 Å². The van der Waals surface area contributed by atoms with Crippen molar-refractivity contribution in [1.82, 2.24) is 15.5 Å². The standard InChI is InChI=1S/C13H26N4O2.HI/c1-13(2)9(7-10(13)19-6)16-12(14-3)15-8-11(18)17(4)5;/h9-10H,7-8H2,1-6H3,(H2,14,15,16);1H. The first-order valence-electron chi connectivity index (χ1n) is 6.53. The van der Waals surface area contributed by atoms with Gasteiger partial charge in [0.15, 0.2) is 5.96 Å². The molecular formula is C13H27IN4O2. The van der Waals surface area contributed by atoms with E-state index in [-0.39, 0.29) is 47.9 Å². The van der Waals surface area contributed by atoms with Crippen LogP contribution < -0.4 is 10.6 Å². The van der Waals surface area contributed by atoms with Gasteiger partial charge in [-0.25, -0.2) is 0 Å². The Bertz CT molecular complexity index is 358. The first kappa shape index (κ1) is 19.4. The molecule has 118 valence electrons. The van der Waals surface area contributed by atoms with Crippen molar-refractivity contribution in [1.29, 1.82) is 0 Å². The molecule has 1 aliphatic carbocycles. The number of guanidine groups is 1. The minimum Gasteiger partial charge on any atom is -0.381 e. The van der Waals surface area contributed by atoms with Gasteiger partial charge in [-0.15, -0.1) is 24.0 Å². The van der Waals surface area contributed by atoms with Crippen LogP contribution >= 0.6 is 24.0 Å². The molecule has 6 nitrogen and oxygen atoms in total. The van der Waals surface area contributed by atoms with Crippen LogP contribution in [-0.4, -0.2) is 63.7 Å². The lowest BCUT2D eigenvalue weighted by Gasteiger charge is -2.51. The summed E-state index contributed by atoms with van der Waals surface area (Å²) < 4.78 is 5.42. The highest BCUT2D eigenvalue weighted by molar-refractivity contribution is 14.0. The number of rotatable bonds is 4. The molecule has 0 aromatic rings. The van der Waals surface area contributed by atoms with Crippen molar-refractivity contribution in [3.63, 3.8) is 0 Å². The van der Waals surface area contributed by atoms with Crippen LogP contribution in [0.5, 0.6) is 0 Å². The third-order valence-electron chi connectivity index (χ3n) is 3.90. The minimum atomic E-state index is 0. The maximum atomic E-state index is 11.5. The lowest BCUT2D eigenvalue weighted by Crippen LogP contribution is -2.63. The number of hydrogen-bond acceptors (Lipinski definition) is 3. The number of likely N-dealkylation sites (N-methyl/N-ethyl adjacent to an activating group) is 1. The van der Waals surface area contributed by atoms with Gasteiger partial charge in [0.1, 0.15) is 0 Å². The zero-order chi connectivity index (χ0) is 14.6. The molecule has 2 N–H and O–H groups in total. The number of hydrogen-bond donors (Lipinski definition) is 2. The summed E-state index contributed by atoms with van der Waals surface area (Å²) in [7, 11) is 6.91. The highest BCUT2D eigenvalue weighted by atomic mass is 127. The molecule has 0 radical (unpaired) electrons. The third-order valence-corrected chi connectivity index (χ3v) is 3.90. The zero-order valence-corrected chi connectivity index (χ0v) is 15.5. The van der Waals surface area contributed by atoms with Gasteiger partial charge in [0.25, 0.3) is 0 Å². The van der Waals surface area contributed by atoms with Gasteiger partial charge in [-0.05, 0) is 6.42 Å². The van der Waals surface area contributed by atoms with Crippen molar-refractivity contribution in [2.24, 2.45) is 10.4 Å². The number of halogens is 1. The highest BCUT2D eigenvalue weighted by Gasteiger charge is 2.48. The van der Waals surface area contributed by atoms with Crippen LogP contribution in [0.25, 0.3) is 0 Å². The normalized spacial score (nSPS) is 24.2. The van der Waals surface area contributed by atoms with E-state index < -0.39 is 0 Å². The zero-order valence-electron chi connectivity index (χ0n) is 13.2. The molecule has 0 saturated heterocycles. The van der Waals surface area contributed by atoms with Crippen LogP contribution in [-0.2, 0) is 9.53 Å². The molecule has 1 amide bonds. The van der Waals surface area contributed by atoms with Gasteiger partial charge < -0.3 is 20.3 Å². The number of carbonyl (C=O) groups is 1. The van der Waals surface area contributed by atoms with E-state index in [1.54, 1.807) is 33.2 Å². The lowest BCUT2D eigenvalue weighted by atomic mass is 9.64. The van der Waals surface area contributed by atoms with Crippen molar-refractivity contribution < 1.29 is 9.53 Å². The Morgan fingerprint density at radius 2 is 2.05 bits per heavy atom. The van der Waals surface area contributed by atoms with E-state index in [0.717, 1.165) is 6.42 Å². The van der Waals surface area contributed by atoms with E-state index in [1.807, 2.05) is 0 Å². The largest absolute Gasteiger partial charge is 0.381 e. The Balaban J connectivity index is 0.00000361. The fourth-order valence-electron chi connectivity index (χ4n) is 2.21. The quantitative estimate of drug-likeness (QED) is 0.415. The minimum absolute atomic E-state index is 0. The smallest absolute Gasteiger partial charge is 0.241 e. The Labute approximate surface area is 138 Å². The number of carbonyl (C=O) groups excluding carboxylic acids is 1. The fraction of sp³-hybridized carbons (Fsp3) is 0.846. The van der Waals surface area contributed by atoms with Crippen molar-refractivity contribution in [2.75, 3.05) is 34.8 Å². The fourth-order valence-corrected chi connectivity index (χ4v) is 2.21. The van der Waals surface area contributed by atoms with Gasteiger partial charge in [0.2, 0.25) is 5.91 Å². The average Bonchev–Trinajstić information content (AvgIpc) is 2.36. The number of aliphatic imine (C=N–C) groups is 1. The van der Waals surface area contributed by atoms with E-state index >= 15 is 0 Å². The monoisotopic (exact) mass is 398 g/mol. The van der Waals surface area contributed by atoms with Crippen molar-refractivity contribution in [3.8, 4) is 0 Å². The summed E-state index contributed by atoms with van der Waals surface area (Å²) in [5, 5.41) is 6.37. The first-order valence-corrected chi connectivity index (χ1v) is 6.53. The second-order valence-electron chi connectivity index (χ2n) is 5.69. The second-order valence-corrected chi connectivity index (χ2v) is 5.69. The Morgan fingerprint density at radius 3 is 2.45 bits per heavy atom. The molecule has 0 aromatic heterocycles. The predicted molar refractivity (Wildman–Crippen MR) is 91.6 cm³/mol. The first-order chi connectivity index (χ1) is 8.82. The molecule has 0 spiro atoms. The van der Waals surface area contributed by atoms with Gasteiger partial charge in [0, 0.05) is 39.7 Å².